The second-order valence-corrected chi connectivity index (χ2v) is 22.6. The lowest BCUT2D eigenvalue weighted by atomic mass is 9.34. The van der Waals surface area contributed by atoms with Crippen molar-refractivity contribution in [2.75, 3.05) is 40.3 Å². The minimum atomic E-state index is -0.611. The molecule has 0 aromatic heterocycles. The molecule has 0 saturated carbocycles. The van der Waals surface area contributed by atoms with E-state index in [1.807, 2.05) is 69.2 Å². The van der Waals surface area contributed by atoms with Gasteiger partial charge in [0.15, 0.2) is 0 Å². The van der Waals surface area contributed by atoms with Gasteiger partial charge in [-0.05, 0) is 46.1 Å². The van der Waals surface area contributed by atoms with Crippen molar-refractivity contribution in [2.24, 2.45) is 0 Å². The van der Waals surface area contributed by atoms with Crippen molar-refractivity contribution in [1.29, 1.82) is 0 Å². The Labute approximate surface area is 258 Å². The van der Waals surface area contributed by atoms with Crippen LogP contribution in [0.3, 0.4) is 0 Å². The lowest BCUT2D eigenvalue weighted by Crippen LogP contribution is -2.48. The maximum atomic E-state index is 4.00. The number of hydrogen-bond acceptors (Lipinski definition) is 2. The SMILES string of the molecule is C.C.C.CC.CC.CC.CC.CC.CN1CCB2CCN(C)CC2C1.C[Si](C)(C)C.C[Si](C)(C)C.[B].[B][B]. The topological polar surface area (TPSA) is 6.48 Å². The van der Waals surface area contributed by atoms with Crippen molar-refractivity contribution in [3.8, 4) is 0 Å². The Morgan fingerprint density at radius 2 is 0.684 bits per heavy atom. The Morgan fingerprint density at radius 1 is 0.526 bits per heavy atom. The van der Waals surface area contributed by atoms with Gasteiger partial charge in [0.05, 0.1) is 0 Å². The van der Waals surface area contributed by atoms with Gasteiger partial charge < -0.3 is 9.80 Å². The van der Waals surface area contributed by atoms with Gasteiger partial charge in [0.1, 0.15) is 6.71 Å². The maximum Gasteiger partial charge on any atom is 0.148 e. The molecule has 2 fully saturated rings. The second kappa shape index (κ2) is 53.8. The van der Waals surface area contributed by atoms with Gasteiger partial charge in [-0.1, -0.05) is 157 Å². The molecule has 8 heteroatoms. The van der Waals surface area contributed by atoms with Crippen LogP contribution in [0.4, 0.5) is 0 Å². The molecule has 2 aliphatic rings. The van der Waals surface area contributed by atoms with Gasteiger partial charge in [-0.25, -0.2) is 0 Å². The maximum absolute atomic E-state index is 4.00. The molecule has 38 heavy (non-hydrogen) atoms. The van der Waals surface area contributed by atoms with Crippen LogP contribution < -0.4 is 0 Å². The molecule has 0 amide bonds. The third kappa shape index (κ3) is 90.8. The number of hydrogen-bond donors (Lipinski definition) is 0. The molecule has 2 saturated heterocycles. The van der Waals surface area contributed by atoms with Crippen LogP contribution in [0.5, 0.6) is 0 Å². The lowest BCUT2D eigenvalue weighted by molar-refractivity contribution is 0.260. The van der Waals surface area contributed by atoms with Crippen molar-refractivity contribution >= 4 is 46.7 Å². The van der Waals surface area contributed by atoms with E-state index in [4.69, 9.17) is 0 Å². The molecule has 0 atom stereocenters. The van der Waals surface area contributed by atoms with Gasteiger partial charge in [-0.3, -0.25) is 0 Å². The van der Waals surface area contributed by atoms with E-state index in [0.29, 0.717) is 0 Å². The molecule has 0 bridgehead atoms. The highest BCUT2D eigenvalue weighted by molar-refractivity contribution is 6.76. The standard InChI is InChI=1S/C9H19BN2.2C4H12Si.5C2H6.3CH4.B2.B/c1-11-5-3-10-4-6-12(2)8-9(10)7-11;2*1-5(2,3)4;5*1-2;;;;1-2;/h9H,3-8H2,1-2H3;2*1-4H3;5*1-2H3;3*1H4;;. The van der Waals surface area contributed by atoms with Gasteiger partial charge in [-0.15, -0.1) is 0 Å². The molecule has 0 spiro atoms. The average Bonchev–Trinajstić information content (AvgIpc) is 2.79. The average molecular weight is 573 g/mol. The van der Waals surface area contributed by atoms with E-state index >= 15 is 0 Å². The van der Waals surface area contributed by atoms with Crippen LogP contribution in [-0.4, -0.2) is 96.8 Å². The molecule has 2 heterocycles. The second-order valence-electron chi connectivity index (χ2n) is 10.6. The fraction of sp³-hybridized carbons (Fsp3) is 1.00. The molecule has 2 nitrogen and oxygen atoms in total. The first kappa shape index (κ1) is 71.6. The van der Waals surface area contributed by atoms with E-state index in [2.05, 4.69) is 91.7 Å². The van der Waals surface area contributed by atoms with E-state index in [-0.39, 0.29) is 30.7 Å². The largest absolute Gasteiger partial charge is 0.307 e. The van der Waals surface area contributed by atoms with Crippen molar-refractivity contribution in [3.05, 3.63) is 0 Å². The fourth-order valence-electron chi connectivity index (χ4n) is 2.73. The van der Waals surface area contributed by atoms with E-state index in [1.165, 1.54) is 38.8 Å². The van der Waals surface area contributed by atoms with E-state index in [1.54, 1.807) is 0 Å². The molecule has 0 aromatic carbocycles. The van der Waals surface area contributed by atoms with Gasteiger partial charge in [-0.2, -0.15) is 0 Å². The molecule has 7 radical (unpaired) electrons. The summed E-state index contributed by atoms with van der Waals surface area (Å²) in [5.41, 5.74) is 0. The normalized spacial score (nSPS) is 13.2. The third-order valence-electron chi connectivity index (χ3n) is 3.52. The monoisotopic (exact) mass is 574 g/mol. The number of nitrogens with zero attached hydrogens (tertiary/aromatic N) is 2. The van der Waals surface area contributed by atoms with Gasteiger partial charge in [0.2, 0.25) is 0 Å². The van der Waals surface area contributed by atoms with Crippen LogP contribution >= 0.6 is 0 Å². The van der Waals surface area contributed by atoms with Crippen LogP contribution in [0.25, 0.3) is 0 Å². The number of fused-ring (bicyclic) bond motifs is 1. The van der Waals surface area contributed by atoms with Crippen molar-refractivity contribution in [3.63, 3.8) is 0 Å². The Bertz CT molecular complexity index is 276. The van der Waals surface area contributed by atoms with E-state index in [0.717, 1.165) is 12.5 Å². The van der Waals surface area contributed by atoms with Crippen LogP contribution in [0, 0.1) is 0 Å². The highest BCUT2D eigenvalue weighted by Crippen LogP contribution is 2.28. The lowest BCUT2D eigenvalue weighted by Gasteiger charge is -2.41. The summed E-state index contributed by atoms with van der Waals surface area (Å²) in [6.45, 7) is 45.0. The molecule has 235 valence electrons. The molecule has 0 aliphatic carbocycles. The summed E-state index contributed by atoms with van der Waals surface area (Å²) in [7, 11) is 11.3. The summed E-state index contributed by atoms with van der Waals surface area (Å²) in [6, 6.07) is 0. The summed E-state index contributed by atoms with van der Waals surface area (Å²) in [5, 5.41) is 0. The van der Waals surface area contributed by atoms with E-state index in [9.17, 15) is 0 Å². The molecule has 0 aromatic rings. The van der Waals surface area contributed by atoms with Crippen LogP contribution in [0.15, 0.2) is 0 Å². The van der Waals surface area contributed by atoms with Gasteiger partial charge in [0.25, 0.3) is 0 Å². The highest BCUT2D eigenvalue weighted by Gasteiger charge is 2.34. The molecule has 0 unspecified atom stereocenters. The summed E-state index contributed by atoms with van der Waals surface area (Å²) in [4.78, 5) is 4.97. The first-order chi connectivity index (χ1) is 15.8. The molecule has 2 rings (SSSR count). The van der Waals surface area contributed by atoms with Crippen LogP contribution in [0.2, 0.25) is 70.8 Å². The van der Waals surface area contributed by atoms with Crippen LogP contribution in [-0.2, 0) is 0 Å². The fourth-order valence-corrected chi connectivity index (χ4v) is 2.73. The van der Waals surface area contributed by atoms with Crippen molar-refractivity contribution < 1.29 is 0 Å². The zero-order valence-electron chi connectivity index (χ0n) is 29.0. The summed E-state index contributed by atoms with van der Waals surface area (Å²) in [5.74, 6) is 0.961. The summed E-state index contributed by atoms with van der Waals surface area (Å²) >= 11 is 0. The minimum Gasteiger partial charge on any atom is -0.307 e. The summed E-state index contributed by atoms with van der Waals surface area (Å²) < 4.78 is 0. The zero-order chi connectivity index (χ0) is 29.6. The Kier molecular flexibility index (Phi) is 101. The predicted octanol–water partition coefficient (Wildman–Crippen LogP) is 10.5. The van der Waals surface area contributed by atoms with Crippen molar-refractivity contribution in [1.82, 2.24) is 9.80 Å². The predicted molar refractivity (Wildman–Crippen MR) is 207 cm³/mol. The first-order valence-corrected chi connectivity index (χ1v) is 22.5. The Balaban J connectivity index is -0.0000000273. The molecule has 0 N–H and O–H groups in total. The molecular weight excluding hydrogens is 488 g/mol. The Hall–Kier alpha value is 0.614. The smallest absolute Gasteiger partial charge is 0.148 e. The van der Waals surface area contributed by atoms with Gasteiger partial charge in [0, 0.05) is 40.0 Å². The first-order valence-electron chi connectivity index (χ1n) is 14.5. The quantitative estimate of drug-likeness (QED) is 0.266. The van der Waals surface area contributed by atoms with E-state index < -0.39 is 16.1 Å². The van der Waals surface area contributed by atoms with Crippen LogP contribution in [0.1, 0.15) is 91.5 Å². The van der Waals surface area contributed by atoms with Gasteiger partial charge >= 0.3 is 0 Å². The highest BCUT2D eigenvalue weighted by atomic mass is 28.3. The molecular formula is C30H85B4N2Si2. The zero-order valence-corrected chi connectivity index (χ0v) is 31.0. The summed E-state index contributed by atoms with van der Waals surface area (Å²) in [6.07, 6.45) is 2.88. The third-order valence-corrected chi connectivity index (χ3v) is 3.52. The number of rotatable bonds is 0. The van der Waals surface area contributed by atoms with Crippen molar-refractivity contribution in [2.45, 2.75) is 162 Å². The minimum absolute atomic E-state index is 0. The Morgan fingerprint density at radius 3 is 0.842 bits per heavy atom. The molecule has 2 aliphatic heterocycles.